The average molecular weight is 209 g/mol. The first kappa shape index (κ1) is 11.0. The molecule has 0 saturated heterocycles. The van der Waals surface area contributed by atoms with Crippen LogP contribution in [-0.2, 0) is 4.79 Å². The molecule has 0 spiro atoms. The molecule has 6 heteroatoms. The molecule has 6 nitrogen and oxygen atoms in total. The molecule has 0 heterocycles. The Morgan fingerprint density at radius 3 is 2.60 bits per heavy atom. The number of hydrogen-bond acceptors (Lipinski definition) is 4. The standard InChI is InChI=1S/C9H11N3O3/c1-5-8(10)3-7(11-6(2)13)4-9(5)12(14)15/h3-4H,10H2,1-2H3,(H,11,13). The quantitative estimate of drug-likeness (QED) is 0.437. The monoisotopic (exact) mass is 209 g/mol. The van der Waals surface area contributed by atoms with E-state index in [4.69, 9.17) is 5.73 Å². The van der Waals surface area contributed by atoms with Crippen molar-refractivity contribution in [3.8, 4) is 0 Å². The normalized spacial score (nSPS) is 9.73. The van der Waals surface area contributed by atoms with Gasteiger partial charge in [0.15, 0.2) is 0 Å². The minimum atomic E-state index is -0.531. The lowest BCUT2D eigenvalue weighted by molar-refractivity contribution is -0.385. The van der Waals surface area contributed by atoms with Gasteiger partial charge in [-0.1, -0.05) is 0 Å². The number of nitro groups is 1. The topological polar surface area (TPSA) is 98.3 Å². The minimum absolute atomic E-state index is 0.0984. The highest BCUT2D eigenvalue weighted by molar-refractivity contribution is 5.90. The highest BCUT2D eigenvalue weighted by atomic mass is 16.6. The molecule has 0 saturated carbocycles. The summed E-state index contributed by atoms with van der Waals surface area (Å²) in [5.41, 5.74) is 6.49. The summed E-state index contributed by atoms with van der Waals surface area (Å²) in [6.45, 7) is 2.88. The number of hydrogen-bond donors (Lipinski definition) is 2. The molecule has 1 aromatic rings. The van der Waals surface area contributed by atoms with Crippen molar-refractivity contribution < 1.29 is 9.72 Å². The molecule has 0 radical (unpaired) electrons. The number of rotatable bonds is 2. The fourth-order valence-electron chi connectivity index (χ4n) is 1.19. The number of amides is 1. The molecule has 1 aromatic carbocycles. The Morgan fingerprint density at radius 1 is 1.53 bits per heavy atom. The third-order valence-electron chi connectivity index (χ3n) is 1.94. The molecule has 0 aromatic heterocycles. The highest BCUT2D eigenvalue weighted by Gasteiger charge is 2.14. The summed E-state index contributed by atoms with van der Waals surface area (Å²) in [5.74, 6) is -0.299. The number of carbonyl (C=O) groups excluding carboxylic acids is 1. The first-order chi connectivity index (χ1) is 6.91. The van der Waals surface area contributed by atoms with Crippen molar-refractivity contribution in [2.75, 3.05) is 11.1 Å². The predicted molar refractivity (Wildman–Crippen MR) is 56.5 cm³/mol. The Morgan fingerprint density at radius 2 is 2.13 bits per heavy atom. The zero-order valence-electron chi connectivity index (χ0n) is 8.40. The Hall–Kier alpha value is -2.11. The first-order valence-corrected chi connectivity index (χ1v) is 4.24. The van der Waals surface area contributed by atoms with Crippen LogP contribution in [0.1, 0.15) is 12.5 Å². The van der Waals surface area contributed by atoms with E-state index >= 15 is 0 Å². The van der Waals surface area contributed by atoms with Crippen molar-refractivity contribution >= 4 is 23.0 Å². The second kappa shape index (κ2) is 3.95. The number of nitrogens with zero attached hydrogens (tertiary/aromatic N) is 1. The van der Waals surface area contributed by atoms with Gasteiger partial charge in [0.1, 0.15) is 0 Å². The van der Waals surface area contributed by atoms with Crippen LogP contribution >= 0.6 is 0 Å². The van der Waals surface area contributed by atoms with E-state index in [1.807, 2.05) is 0 Å². The molecular weight excluding hydrogens is 198 g/mol. The van der Waals surface area contributed by atoms with E-state index in [-0.39, 0.29) is 17.3 Å². The zero-order valence-corrected chi connectivity index (χ0v) is 8.40. The predicted octanol–water partition coefficient (Wildman–Crippen LogP) is 1.44. The number of nitrogens with two attached hydrogens (primary N) is 1. The third kappa shape index (κ3) is 2.43. The van der Waals surface area contributed by atoms with E-state index in [0.717, 1.165) is 0 Å². The lowest BCUT2D eigenvalue weighted by Gasteiger charge is -2.06. The fourth-order valence-corrected chi connectivity index (χ4v) is 1.19. The summed E-state index contributed by atoms with van der Waals surface area (Å²) >= 11 is 0. The molecule has 1 amide bonds. The van der Waals surface area contributed by atoms with E-state index in [9.17, 15) is 14.9 Å². The third-order valence-corrected chi connectivity index (χ3v) is 1.94. The van der Waals surface area contributed by atoms with Crippen molar-refractivity contribution in [2.45, 2.75) is 13.8 Å². The van der Waals surface area contributed by atoms with Gasteiger partial charge in [-0.3, -0.25) is 14.9 Å². The van der Waals surface area contributed by atoms with Crippen LogP contribution < -0.4 is 11.1 Å². The van der Waals surface area contributed by atoms with Gasteiger partial charge in [0.25, 0.3) is 5.69 Å². The largest absolute Gasteiger partial charge is 0.398 e. The molecule has 1 rings (SSSR count). The lowest BCUT2D eigenvalue weighted by atomic mass is 10.1. The smallest absolute Gasteiger partial charge is 0.276 e. The summed E-state index contributed by atoms with van der Waals surface area (Å²) in [5, 5.41) is 13.1. The van der Waals surface area contributed by atoms with Crippen LogP contribution in [0.2, 0.25) is 0 Å². The van der Waals surface area contributed by atoms with Crippen LogP contribution in [0.15, 0.2) is 12.1 Å². The molecule has 0 aliphatic rings. The molecule has 0 aliphatic carbocycles. The van der Waals surface area contributed by atoms with Crippen LogP contribution in [0.4, 0.5) is 17.1 Å². The Balaban J connectivity index is 3.23. The molecule has 0 aliphatic heterocycles. The van der Waals surface area contributed by atoms with Gasteiger partial charge in [-0.05, 0) is 13.0 Å². The van der Waals surface area contributed by atoms with E-state index < -0.39 is 4.92 Å². The number of carbonyl (C=O) groups is 1. The SMILES string of the molecule is CC(=O)Nc1cc(N)c(C)c([N+](=O)[O-])c1. The van der Waals surface area contributed by atoms with Gasteiger partial charge in [0.05, 0.1) is 4.92 Å². The molecule has 0 unspecified atom stereocenters. The highest BCUT2D eigenvalue weighted by Crippen LogP contribution is 2.28. The Kier molecular flexibility index (Phi) is 2.89. The first-order valence-electron chi connectivity index (χ1n) is 4.24. The van der Waals surface area contributed by atoms with Gasteiger partial charge in [-0.2, -0.15) is 0 Å². The molecule has 0 bridgehead atoms. The van der Waals surface area contributed by atoms with Crippen LogP contribution in [-0.4, -0.2) is 10.8 Å². The van der Waals surface area contributed by atoms with Gasteiger partial charge in [-0.15, -0.1) is 0 Å². The second-order valence-electron chi connectivity index (χ2n) is 3.15. The second-order valence-corrected chi connectivity index (χ2v) is 3.15. The molecule has 0 fully saturated rings. The lowest BCUT2D eigenvalue weighted by Crippen LogP contribution is -2.07. The van der Waals surface area contributed by atoms with Crippen molar-refractivity contribution in [3.63, 3.8) is 0 Å². The summed E-state index contributed by atoms with van der Waals surface area (Å²) < 4.78 is 0. The maximum absolute atomic E-state index is 10.8. The maximum atomic E-state index is 10.8. The molecule has 80 valence electrons. The molecule has 0 atom stereocenters. The molecule has 15 heavy (non-hydrogen) atoms. The van der Waals surface area contributed by atoms with Crippen molar-refractivity contribution in [3.05, 3.63) is 27.8 Å². The van der Waals surface area contributed by atoms with Gasteiger partial charge in [-0.25, -0.2) is 0 Å². The van der Waals surface area contributed by atoms with Crippen molar-refractivity contribution in [2.24, 2.45) is 0 Å². The molecule has 3 N–H and O–H groups in total. The number of nitrogen functional groups attached to an aromatic ring is 1. The van der Waals surface area contributed by atoms with Crippen LogP contribution in [0.3, 0.4) is 0 Å². The van der Waals surface area contributed by atoms with Gasteiger partial charge in [0.2, 0.25) is 5.91 Å². The van der Waals surface area contributed by atoms with Gasteiger partial charge in [0, 0.05) is 29.9 Å². The number of benzene rings is 1. The zero-order chi connectivity index (χ0) is 11.6. The Bertz CT molecular complexity index is 429. The van der Waals surface area contributed by atoms with Crippen molar-refractivity contribution in [1.82, 2.24) is 0 Å². The van der Waals surface area contributed by atoms with E-state index in [2.05, 4.69) is 5.32 Å². The summed E-state index contributed by atoms with van der Waals surface area (Å²) in [6, 6.07) is 2.77. The van der Waals surface area contributed by atoms with Crippen LogP contribution in [0.25, 0.3) is 0 Å². The number of nitro benzene ring substituents is 1. The fraction of sp³-hybridized carbons (Fsp3) is 0.222. The Labute approximate surface area is 86.2 Å². The minimum Gasteiger partial charge on any atom is -0.398 e. The number of anilines is 2. The van der Waals surface area contributed by atoms with Crippen molar-refractivity contribution in [1.29, 1.82) is 0 Å². The average Bonchev–Trinajstić information content (AvgIpc) is 2.09. The maximum Gasteiger partial charge on any atom is 0.276 e. The van der Waals surface area contributed by atoms with Gasteiger partial charge >= 0.3 is 0 Å². The van der Waals surface area contributed by atoms with Crippen LogP contribution in [0, 0.1) is 17.0 Å². The number of nitrogens with one attached hydrogen (secondary N) is 1. The summed E-state index contributed by atoms with van der Waals surface area (Å²) in [4.78, 5) is 20.9. The molecular formula is C9H11N3O3. The van der Waals surface area contributed by atoms with E-state index in [0.29, 0.717) is 11.3 Å². The van der Waals surface area contributed by atoms with Gasteiger partial charge < -0.3 is 11.1 Å². The van der Waals surface area contributed by atoms with E-state index in [1.165, 1.54) is 19.1 Å². The summed E-state index contributed by atoms with van der Waals surface area (Å²) in [7, 11) is 0. The van der Waals surface area contributed by atoms with E-state index in [1.54, 1.807) is 6.92 Å². The van der Waals surface area contributed by atoms with Crippen LogP contribution in [0.5, 0.6) is 0 Å². The summed E-state index contributed by atoms with van der Waals surface area (Å²) in [6.07, 6.45) is 0.